The molecule has 168 valence electrons. The number of benzene rings is 1. The smallest absolute Gasteiger partial charge is 0.220 e. The highest BCUT2D eigenvalue weighted by Gasteiger charge is 2.23. The summed E-state index contributed by atoms with van der Waals surface area (Å²) >= 11 is 0. The first-order valence-corrected chi connectivity index (χ1v) is 11.4. The van der Waals surface area contributed by atoms with Crippen molar-refractivity contribution in [3.05, 3.63) is 47.8 Å². The van der Waals surface area contributed by atoms with Crippen molar-refractivity contribution in [1.29, 1.82) is 0 Å². The lowest BCUT2D eigenvalue weighted by Gasteiger charge is -2.34. The molecule has 1 aromatic carbocycles. The van der Waals surface area contributed by atoms with Crippen LogP contribution < -0.4 is 10.6 Å². The number of carbonyl (C=O) groups excluding carboxylic acids is 1. The van der Waals surface area contributed by atoms with Gasteiger partial charge in [0.25, 0.3) is 0 Å². The Labute approximate surface area is 185 Å². The quantitative estimate of drug-likeness (QED) is 0.388. The summed E-state index contributed by atoms with van der Waals surface area (Å²) in [7, 11) is 1.71. The van der Waals surface area contributed by atoms with E-state index in [2.05, 4.69) is 52.8 Å². The number of para-hydroxylation sites is 1. The second-order valence-electron chi connectivity index (χ2n) is 8.17. The van der Waals surface area contributed by atoms with Crippen LogP contribution in [-0.2, 0) is 11.2 Å². The van der Waals surface area contributed by atoms with Crippen LogP contribution in [0.15, 0.2) is 41.5 Å². The number of aromatic nitrogens is 2. The van der Waals surface area contributed by atoms with E-state index in [9.17, 15) is 4.79 Å². The zero-order valence-electron chi connectivity index (χ0n) is 19.1. The number of guanidine groups is 1. The first-order chi connectivity index (χ1) is 15.1. The van der Waals surface area contributed by atoms with E-state index in [0.717, 1.165) is 69.2 Å². The Morgan fingerprint density at radius 2 is 1.97 bits per heavy atom. The third-order valence-electron chi connectivity index (χ3n) is 5.89. The van der Waals surface area contributed by atoms with Crippen LogP contribution in [0.2, 0.25) is 0 Å². The highest BCUT2D eigenvalue weighted by atomic mass is 16.1. The molecule has 0 spiro atoms. The third-order valence-corrected chi connectivity index (χ3v) is 5.89. The molecule has 1 fully saturated rings. The SMILES string of the molecule is CCNC(=NCCCc1cn(-c2ccccc2)nc1C)N1CCC(CC(=O)NC)CC1. The second kappa shape index (κ2) is 11.5. The van der Waals surface area contributed by atoms with Crippen LogP contribution in [0.25, 0.3) is 5.69 Å². The molecule has 7 heteroatoms. The summed E-state index contributed by atoms with van der Waals surface area (Å²) in [5.74, 6) is 1.62. The Morgan fingerprint density at radius 1 is 1.23 bits per heavy atom. The number of rotatable bonds is 8. The zero-order valence-corrected chi connectivity index (χ0v) is 19.1. The van der Waals surface area contributed by atoms with Gasteiger partial charge in [-0.3, -0.25) is 9.79 Å². The number of carbonyl (C=O) groups is 1. The standard InChI is InChI=1S/C24H36N6O/c1-4-26-24(29-15-12-20(13-16-29)17-23(31)25-3)27-14-8-9-21-18-30(28-19(21)2)22-10-6-5-7-11-22/h5-7,10-11,18,20H,4,8-9,12-17H2,1-3H3,(H,25,31)(H,26,27). The van der Waals surface area contributed by atoms with Gasteiger partial charge in [-0.15, -0.1) is 0 Å². The molecule has 2 N–H and O–H groups in total. The molecule has 3 rings (SSSR count). The Bertz CT molecular complexity index is 852. The molecule has 0 aliphatic carbocycles. The van der Waals surface area contributed by atoms with Crippen LogP contribution in [0.3, 0.4) is 0 Å². The van der Waals surface area contributed by atoms with Crippen molar-refractivity contribution in [1.82, 2.24) is 25.3 Å². The lowest BCUT2D eigenvalue weighted by atomic mass is 9.93. The van der Waals surface area contributed by atoms with Crippen LogP contribution in [0.5, 0.6) is 0 Å². The molecule has 31 heavy (non-hydrogen) atoms. The van der Waals surface area contributed by atoms with Crippen LogP contribution in [0.4, 0.5) is 0 Å². The van der Waals surface area contributed by atoms with Crippen LogP contribution in [0, 0.1) is 12.8 Å². The summed E-state index contributed by atoms with van der Waals surface area (Å²) in [5, 5.41) is 10.8. The number of piperidine rings is 1. The molecule has 1 aliphatic heterocycles. The first kappa shape index (κ1) is 22.8. The average molecular weight is 425 g/mol. The van der Waals surface area contributed by atoms with Crippen molar-refractivity contribution in [2.24, 2.45) is 10.9 Å². The van der Waals surface area contributed by atoms with E-state index in [1.165, 1.54) is 5.56 Å². The predicted octanol–water partition coefficient (Wildman–Crippen LogP) is 2.93. The molecular formula is C24H36N6O. The average Bonchev–Trinajstić information content (AvgIpc) is 3.17. The fraction of sp³-hybridized carbons (Fsp3) is 0.542. The first-order valence-electron chi connectivity index (χ1n) is 11.4. The Balaban J connectivity index is 1.50. The van der Waals surface area contributed by atoms with Gasteiger partial charge in [0.2, 0.25) is 5.91 Å². The minimum Gasteiger partial charge on any atom is -0.359 e. The molecule has 0 unspecified atom stereocenters. The number of hydrogen-bond acceptors (Lipinski definition) is 3. The summed E-state index contributed by atoms with van der Waals surface area (Å²) in [6.45, 7) is 7.74. The van der Waals surface area contributed by atoms with E-state index < -0.39 is 0 Å². The fourth-order valence-corrected chi connectivity index (χ4v) is 4.05. The van der Waals surface area contributed by atoms with Gasteiger partial charge in [-0.05, 0) is 63.1 Å². The molecule has 0 saturated carbocycles. The molecule has 1 saturated heterocycles. The maximum atomic E-state index is 11.6. The zero-order chi connectivity index (χ0) is 22.1. The van der Waals surface area contributed by atoms with Crippen molar-refractivity contribution in [2.75, 3.05) is 33.2 Å². The number of likely N-dealkylation sites (tertiary alicyclic amines) is 1. The maximum absolute atomic E-state index is 11.6. The predicted molar refractivity (Wildman–Crippen MR) is 126 cm³/mol. The molecule has 7 nitrogen and oxygen atoms in total. The van der Waals surface area contributed by atoms with Crippen LogP contribution in [-0.4, -0.2) is 59.8 Å². The lowest BCUT2D eigenvalue weighted by Crippen LogP contribution is -2.46. The molecule has 0 radical (unpaired) electrons. The van der Waals surface area contributed by atoms with Gasteiger partial charge >= 0.3 is 0 Å². The second-order valence-corrected chi connectivity index (χ2v) is 8.17. The molecule has 1 aliphatic rings. The minimum atomic E-state index is 0.143. The fourth-order valence-electron chi connectivity index (χ4n) is 4.05. The summed E-state index contributed by atoms with van der Waals surface area (Å²) < 4.78 is 1.96. The maximum Gasteiger partial charge on any atom is 0.220 e. The monoisotopic (exact) mass is 424 g/mol. The van der Waals surface area contributed by atoms with Gasteiger partial charge in [-0.25, -0.2) is 4.68 Å². The summed E-state index contributed by atoms with van der Waals surface area (Å²) in [4.78, 5) is 18.8. The number of amides is 1. The van der Waals surface area contributed by atoms with E-state index in [1.54, 1.807) is 7.05 Å². The van der Waals surface area contributed by atoms with Crippen LogP contribution in [0.1, 0.15) is 43.9 Å². The molecule has 2 aromatic rings. The van der Waals surface area contributed by atoms with Crippen molar-refractivity contribution in [2.45, 2.75) is 46.0 Å². The Kier molecular flexibility index (Phi) is 8.50. The van der Waals surface area contributed by atoms with Gasteiger partial charge < -0.3 is 15.5 Å². The number of nitrogens with one attached hydrogen (secondary N) is 2. The van der Waals surface area contributed by atoms with E-state index in [4.69, 9.17) is 4.99 Å². The molecule has 1 amide bonds. The normalized spacial score (nSPS) is 15.2. The Morgan fingerprint density at radius 3 is 2.65 bits per heavy atom. The highest BCUT2D eigenvalue weighted by molar-refractivity contribution is 5.80. The van der Waals surface area contributed by atoms with Crippen molar-refractivity contribution < 1.29 is 4.79 Å². The molecular weight excluding hydrogens is 388 g/mol. The topological polar surface area (TPSA) is 74.5 Å². The van der Waals surface area contributed by atoms with Gasteiger partial charge in [0, 0.05) is 45.8 Å². The van der Waals surface area contributed by atoms with Crippen molar-refractivity contribution in [3.8, 4) is 5.69 Å². The number of nitrogens with zero attached hydrogens (tertiary/aromatic N) is 4. The molecule has 1 aromatic heterocycles. The minimum absolute atomic E-state index is 0.143. The summed E-state index contributed by atoms with van der Waals surface area (Å²) in [6.07, 6.45) is 6.80. The van der Waals surface area contributed by atoms with E-state index in [0.29, 0.717) is 12.3 Å². The van der Waals surface area contributed by atoms with Crippen molar-refractivity contribution in [3.63, 3.8) is 0 Å². The largest absolute Gasteiger partial charge is 0.359 e. The Hall–Kier alpha value is -2.83. The van der Waals surface area contributed by atoms with E-state index >= 15 is 0 Å². The number of aryl methyl sites for hydroxylation is 2. The van der Waals surface area contributed by atoms with Gasteiger partial charge in [0.05, 0.1) is 11.4 Å². The van der Waals surface area contributed by atoms with Crippen molar-refractivity contribution >= 4 is 11.9 Å². The highest BCUT2D eigenvalue weighted by Crippen LogP contribution is 2.20. The third kappa shape index (κ3) is 6.57. The van der Waals surface area contributed by atoms with Gasteiger partial charge in [0.15, 0.2) is 5.96 Å². The molecule has 0 bridgehead atoms. The van der Waals surface area contributed by atoms with Gasteiger partial charge in [-0.1, -0.05) is 18.2 Å². The van der Waals surface area contributed by atoms with Gasteiger partial charge in [-0.2, -0.15) is 5.10 Å². The summed E-state index contributed by atoms with van der Waals surface area (Å²) in [6, 6.07) is 10.2. The molecule has 2 heterocycles. The molecule has 0 atom stereocenters. The summed E-state index contributed by atoms with van der Waals surface area (Å²) in [5.41, 5.74) is 3.45. The van der Waals surface area contributed by atoms with Gasteiger partial charge in [0.1, 0.15) is 0 Å². The number of aliphatic imine (C=N–C) groups is 1. The van der Waals surface area contributed by atoms with E-state index in [-0.39, 0.29) is 5.91 Å². The van der Waals surface area contributed by atoms with Crippen LogP contribution >= 0.6 is 0 Å². The van der Waals surface area contributed by atoms with E-state index in [1.807, 2.05) is 22.9 Å². The lowest BCUT2D eigenvalue weighted by molar-refractivity contribution is -0.121. The number of hydrogen-bond donors (Lipinski definition) is 2.